The van der Waals surface area contributed by atoms with E-state index >= 15 is 0 Å². The number of nitrogens with zero attached hydrogens (tertiary/aromatic N) is 1. The summed E-state index contributed by atoms with van der Waals surface area (Å²) >= 11 is 1.31. The lowest BCUT2D eigenvalue weighted by Gasteiger charge is -2.15. The molecule has 0 saturated heterocycles. The topological polar surface area (TPSA) is 45.2 Å². The summed E-state index contributed by atoms with van der Waals surface area (Å²) in [7, 11) is 0. The fraction of sp³-hybridized carbons (Fsp3) is 0.400. The van der Waals surface area contributed by atoms with Crippen molar-refractivity contribution < 1.29 is 18.3 Å². The molecule has 1 atom stereocenters. The van der Waals surface area contributed by atoms with Gasteiger partial charge in [0.05, 0.1) is 16.5 Å². The summed E-state index contributed by atoms with van der Waals surface area (Å²) in [5.41, 5.74) is -0.167. The van der Waals surface area contributed by atoms with Gasteiger partial charge in [0.25, 0.3) is 0 Å². The van der Waals surface area contributed by atoms with Crippen LogP contribution in [0.15, 0.2) is 24.3 Å². The van der Waals surface area contributed by atoms with Crippen molar-refractivity contribution >= 4 is 16.5 Å². The van der Waals surface area contributed by atoms with Gasteiger partial charge in [-0.15, -0.1) is 0 Å². The number of thiazole rings is 1. The van der Waals surface area contributed by atoms with Crippen LogP contribution in [0.1, 0.15) is 48.7 Å². The van der Waals surface area contributed by atoms with Crippen LogP contribution in [-0.2, 0) is 6.18 Å². The van der Waals surface area contributed by atoms with Crippen LogP contribution in [0.3, 0.4) is 0 Å². The van der Waals surface area contributed by atoms with Crippen LogP contribution in [-0.4, -0.2) is 10.1 Å². The van der Waals surface area contributed by atoms with Crippen molar-refractivity contribution in [3.8, 4) is 5.88 Å². The molecule has 0 aliphatic carbocycles. The van der Waals surface area contributed by atoms with Crippen LogP contribution in [0.2, 0.25) is 0 Å². The lowest BCUT2D eigenvalue weighted by atomic mass is 10.1. The Morgan fingerprint density at radius 2 is 1.91 bits per heavy atom. The van der Waals surface area contributed by atoms with E-state index in [1.54, 1.807) is 13.0 Å². The zero-order valence-electron chi connectivity index (χ0n) is 12.4. The summed E-state index contributed by atoms with van der Waals surface area (Å²) in [4.78, 5) is 4.76. The summed E-state index contributed by atoms with van der Waals surface area (Å²) in [5.74, 6) is 0.107. The summed E-state index contributed by atoms with van der Waals surface area (Å²) in [6, 6.07) is 4.82. The highest BCUT2D eigenvalue weighted by Crippen LogP contribution is 2.36. The van der Waals surface area contributed by atoms with E-state index in [1.807, 2.05) is 13.8 Å². The molecule has 2 rings (SSSR count). The van der Waals surface area contributed by atoms with Gasteiger partial charge in [0.2, 0.25) is 5.88 Å². The van der Waals surface area contributed by atoms with Gasteiger partial charge in [-0.1, -0.05) is 37.3 Å². The maximum absolute atomic E-state index is 12.7. The fourth-order valence-corrected chi connectivity index (χ4v) is 2.96. The molecule has 0 fully saturated rings. The quantitative estimate of drug-likeness (QED) is 0.813. The molecular formula is C15H17F3N2OS. The van der Waals surface area contributed by atoms with Gasteiger partial charge in [-0.3, -0.25) is 0 Å². The molecule has 0 spiro atoms. The highest BCUT2D eigenvalue weighted by molar-refractivity contribution is 7.16. The minimum absolute atomic E-state index is 0.0289. The minimum atomic E-state index is -4.36. The van der Waals surface area contributed by atoms with Gasteiger partial charge in [0.15, 0.2) is 5.13 Å². The molecule has 1 heterocycles. The van der Waals surface area contributed by atoms with Gasteiger partial charge in [0, 0.05) is 0 Å². The second-order valence-corrected chi connectivity index (χ2v) is 6.38. The first-order chi connectivity index (χ1) is 10.2. The van der Waals surface area contributed by atoms with E-state index in [2.05, 4.69) is 10.3 Å². The first-order valence-electron chi connectivity index (χ1n) is 6.82. The number of halogens is 3. The Morgan fingerprint density at radius 1 is 1.23 bits per heavy atom. The highest BCUT2D eigenvalue weighted by Gasteiger charge is 2.30. The van der Waals surface area contributed by atoms with Crippen molar-refractivity contribution in [1.82, 2.24) is 4.98 Å². The molecule has 0 bridgehead atoms. The standard InChI is InChI=1S/C15H17F3N2OS/c1-8(2)12-13(21)20-14(22-12)19-9(3)10-5-4-6-11(7-10)15(16,17)18/h4-9,21H,1-3H3,(H,19,20)/t9-/m0/s1. The minimum Gasteiger partial charge on any atom is -0.492 e. The van der Waals surface area contributed by atoms with E-state index in [-0.39, 0.29) is 17.8 Å². The zero-order chi connectivity index (χ0) is 16.5. The molecule has 0 unspecified atom stereocenters. The highest BCUT2D eigenvalue weighted by atomic mass is 32.1. The number of aromatic nitrogens is 1. The number of alkyl halides is 3. The Bertz CT molecular complexity index is 652. The van der Waals surface area contributed by atoms with Gasteiger partial charge in [0.1, 0.15) is 0 Å². The molecule has 0 radical (unpaired) electrons. The number of aromatic hydroxyl groups is 1. The summed E-state index contributed by atoms with van der Waals surface area (Å²) < 4.78 is 38.2. The largest absolute Gasteiger partial charge is 0.492 e. The van der Waals surface area contributed by atoms with Crippen molar-refractivity contribution in [2.24, 2.45) is 0 Å². The Hall–Kier alpha value is -1.76. The van der Waals surface area contributed by atoms with Crippen LogP contribution >= 0.6 is 11.3 Å². The zero-order valence-corrected chi connectivity index (χ0v) is 13.2. The summed E-state index contributed by atoms with van der Waals surface area (Å²) in [6.45, 7) is 5.63. The van der Waals surface area contributed by atoms with E-state index in [0.717, 1.165) is 17.0 Å². The average Bonchev–Trinajstić information content (AvgIpc) is 2.79. The number of hydrogen-bond acceptors (Lipinski definition) is 4. The van der Waals surface area contributed by atoms with Crippen LogP contribution in [0.25, 0.3) is 0 Å². The van der Waals surface area contributed by atoms with Crippen molar-refractivity contribution in [1.29, 1.82) is 0 Å². The Balaban J connectivity index is 2.19. The number of anilines is 1. The third-order valence-corrected chi connectivity index (χ3v) is 4.49. The molecule has 0 amide bonds. The second-order valence-electron chi connectivity index (χ2n) is 5.35. The normalized spacial score (nSPS) is 13.4. The lowest BCUT2D eigenvalue weighted by molar-refractivity contribution is -0.137. The molecule has 22 heavy (non-hydrogen) atoms. The van der Waals surface area contributed by atoms with E-state index in [1.165, 1.54) is 17.4 Å². The van der Waals surface area contributed by atoms with Crippen LogP contribution in [0, 0.1) is 0 Å². The molecular weight excluding hydrogens is 313 g/mol. The van der Waals surface area contributed by atoms with Crippen LogP contribution in [0.4, 0.5) is 18.3 Å². The third kappa shape index (κ3) is 3.71. The lowest BCUT2D eigenvalue weighted by Crippen LogP contribution is -2.10. The second kappa shape index (κ2) is 6.16. The number of hydrogen-bond donors (Lipinski definition) is 2. The molecule has 3 nitrogen and oxygen atoms in total. The van der Waals surface area contributed by atoms with E-state index in [4.69, 9.17) is 0 Å². The van der Waals surface area contributed by atoms with Gasteiger partial charge in [-0.05, 0) is 30.5 Å². The van der Waals surface area contributed by atoms with Crippen molar-refractivity contribution in [3.05, 3.63) is 40.3 Å². The smallest absolute Gasteiger partial charge is 0.416 e. The van der Waals surface area contributed by atoms with E-state index < -0.39 is 11.7 Å². The van der Waals surface area contributed by atoms with Crippen molar-refractivity contribution in [3.63, 3.8) is 0 Å². The fourth-order valence-electron chi connectivity index (χ4n) is 2.01. The van der Waals surface area contributed by atoms with Crippen molar-refractivity contribution in [2.45, 2.75) is 38.9 Å². The van der Waals surface area contributed by atoms with Gasteiger partial charge in [-0.25, -0.2) is 0 Å². The van der Waals surface area contributed by atoms with Crippen LogP contribution in [0.5, 0.6) is 5.88 Å². The maximum Gasteiger partial charge on any atom is 0.416 e. The van der Waals surface area contributed by atoms with Crippen LogP contribution < -0.4 is 5.32 Å². The van der Waals surface area contributed by atoms with E-state index in [9.17, 15) is 18.3 Å². The molecule has 1 aromatic heterocycles. The predicted octanol–water partition coefficient (Wildman–Crippen LogP) is 5.16. The summed E-state index contributed by atoms with van der Waals surface area (Å²) in [5, 5.41) is 13.3. The first kappa shape index (κ1) is 16.6. The molecule has 0 saturated carbocycles. The third-order valence-electron chi connectivity index (χ3n) is 3.21. The predicted molar refractivity (Wildman–Crippen MR) is 81.3 cm³/mol. The monoisotopic (exact) mass is 330 g/mol. The number of benzene rings is 1. The van der Waals surface area contributed by atoms with Crippen molar-refractivity contribution in [2.75, 3.05) is 5.32 Å². The van der Waals surface area contributed by atoms with Gasteiger partial charge < -0.3 is 10.4 Å². The molecule has 0 aliphatic heterocycles. The van der Waals surface area contributed by atoms with Gasteiger partial charge in [-0.2, -0.15) is 18.2 Å². The summed E-state index contributed by atoms with van der Waals surface area (Å²) in [6.07, 6.45) is -4.36. The molecule has 2 aromatic rings. The Morgan fingerprint density at radius 3 is 2.45 bits per heavy atom. The number of nitrogens with one attached hydrogen (secondary N) is 1. The maximum atomic E-state index is 12.7. The Labute approximate surface area is 130 Å². The molecule has 0 aliphatic rings. The molecule has 7 heteroatoms. The average molecular weight is 330 g/mol. The molecule has 2 N–H and O–H groups in total. The van der Waals surface area contributed by atoms with E-state index in [0.29, 0.717) is 10.7 Å². The first-order valence-corrected chi connectivity index (χ1v) is 7.63. The Kier molecular flexibility index (Phi) is 4.65. The van der Waals surface area contributed by atoms with Gasteiger partial charge >= 0.3 is 6.18 Å². The SMILES string of the molecule is CC(C)c1sc(N[C@@H](C)c2cccc(C(F)(F)F)c2)nc1O. The molecule has 120 valence electrons. The number of rotatable bonds is 4. The molecule has 1 aromatic carbocycles.